The third kappa shape index (κ3) is 5.36. The lowest BCUT2D eigenvalue weighted by Gasteiger charge is -2.37. The molecule has 0 bridgehead atoms. The van der Waals surface area contributed by atoms with Gasteiger partial charge in [0.25, 0.3) is 0 Å². The Balaban J connectivity index is 1.66. The SMILES string of the molecule is CCNC(=NCCc1ccc(OC)c(OC)c1OC)N1CCN(c2ccccc2F)CC1. The number of ether oxygens (including phenoxy) is 3. The van der Waals surface area contributed by atoms with E-state index >= 15 is 0 Å². The fraction of sp³-hybridized carbons (Fsp3) is 0.458. The lowest BCUT2D eigenvalue weighted by Crippen LogP contribution is -2.52. The van der Waals surface area contributed by atoms with Crippen molar-refractivity contribution in [2.45, 2.75) is 13.3 Å². The fourth-order valence-corrected chi connectivity index (χ4v) is 3.94. The minimum atomic E-state index is -0.176. The van der Waals surface area contributed by atoms with Crippen LogP contribution in [0.3, 0.4) is 0 Å². The second kappa shape index (κ2) is 11.5. The summed E-state index contributed by atoms with van der Waals surface area (Å²) >= 11 is 0. The molecule has 2 aromatic carbocycles. The van der Waals surface area contributed by atoms with Gasteiger partial charge in [0.2, 0.25) is 5.75 Å². The Morgan fingerprint density at radius 2 is 1.69 bits per heavy atom. The minimum Gasteiger partial charge on any atom is -0.493 e. The summed E-state index contributed by atoms with van der Waals surface area (Å²) in [5.74, 6) is 2.60. The third-order valence-corrected chi connectivity index (χ3v) is 5.54. The van der Waals surface area contributed by atoms with Gasteiger partial charge < -0.3 is 29.3 Å². The van der Waals surface area contributed by atoms with Crippen LogP contribution >= 0.6 is 0 Å². The van der Waals surface area contributed by atoms with Crippen LogP contribution in [-0.4, -0.2) is 71.5 Å². The van der Waals surface area contributed by atoms with E-state index in [0.717, 1.165) is 44.2 Å². The maximum atomic E-state index is 14.1. The van der Waals surface area contributed by atoms with Gasteiger partial charge in [-0.1, -0.05) is 18.2 Å². The molecule has 0 spiro atoms. The number of hydrogen-bond acceptors (Lipinski definition) is 5. The van der Waals surface area contributed by atoms with Crippen molar-refractivity contribution in [3.05, 3.63) is 47.8 Å². The first-order valence-corrected chi connectivity index (χ1v) is 10.9. The molecule has 0 aliphatic carbocycles. The summed E-state index contributed by atoms with van der Waals surface area (Å²) < 4.78 is 30.5. The molecule has 8 heteroatoms. The van der Waals surface area contributed by atoms with Crippen molar-refractivity contribution in [1.82, 2.24) is 10.2 Å². The zero-order valence-electron chi connectivity index (χ0n) is 19.4. The molecule has 1 saturated heterocycles. The third-order valence-electron chi connectivity index (χ3n) is 5.54. The van der Waals surface area contributed by atoms with E-state index in [1.54, 1.807) is 27.4 Å². The lowest BCUT2D eigenvalue weighted by molar-refractivity contribution is 0.322. The molecule has 1 N–H and O–H groups in total. The zero-order valence-corrected chi connectivity index (χ0v) is 19.4. The van der Waals surface area contributed by atoms with Gasteiger partial charge in [-0.05, 0) is 31.5 Å². The molecule has 0 unspecified atom stereocenters. The second-order valence-electron chi connectivity index (χ2n) is 7.40. The standard InChI is InChI=1S/C24H33FN4O3/c1-5-26-24(29-16-14-28(15-17-29)20-9-7-6-8-19(20)25)27-13-12-18-10-11-21(30-2)23(32-4)22(18)31-3/h6-11H,5,12-17H2,1-4H3,(H,26,27). The van der Waals surface area contributed by atoms with Crippen molar-refractivity contribution in [3.8, 4) is 17.2 Å². The predicted molar refractivity (Wildman–Crippen MR) is 126 cm³/mol. The number of nitrogens with zero attached hydrogens (tertiary/aromatic N) is 3. The average Bonchev–Trinajstić information content (AvgIpc) is 2.83. The minimum absolute atomic E-state index is 0.176. The van der Waals surface area contributed by atoms with E-state index in [-0.39, 0.29) is 5.82 Å². The maximum Gasteiger partial charge on any atom is 0.203 e. The molecule has 0 amide bonds. The monoisotopic (exact) mass is 444 g/mol. The van der Waals surface area contributed by atoms with E-state index in [1.165, 1.54) is 6.07 Å². The number of hydrogen-bond donors (Lipinski definition) is 1. The molecule has 1 aliphatic heterocycles. The molecular weight excluding hydrogens is 411 g/mol. The van der Waals surface area contributed by atoms with Crippen LogP contribution in [0, 0.1) is 5.82 Å². The van der Waals surface area contributed by atoms with Crippen LogP contribution in [0.15, 0.2) is 41.4 Å². The number of piperazine rings is 1. The smallest absolute Gasteiger partial charge is 0.203 e. The fourth-order valence-electron chi connectivity index (χ4n) is 3.94. The first-order valence-electron chi connectivity index (χ1n) is 10.9. The van der Waals surface area contributed by atoms with Crippen molar-refractivity contribution in [2.24, 2.45) is 4.99 Å². The molecule has 2 aromatic rings. The van der Waals surface area contributed by atoms with Crippen LogP contribution in [-0.2, 0) is 6.42 Å². The summed E-state index contributed by atoms with van der Waals surface area (Å²) in [6.45, 7) is 6.49. The maximum absolute atomic E-state index is 14.1. The quantitative estimate of drug-likeness (QED) is 0.499. The van der Waals surface area contributed by atoms with E-state index in [1.807, 2.05) is 24.3 Å². The highest BCUT2D eigenvalue weighted by Gasteiger charge is 2.21. The van der Waals surface area contributed by atoms with Crippen LogP contribution in [0.1, 0.15) is 12.5 Å². The van der Waals surface area contributed by atoms with Crippen LogP contribution in [0.2, 0.25) is 0 Å². The Bertz CT molecular complexity index is 914. The van der Waals surface area contributed by atoms with Crippen LogP contribution in [0.5, 0.6) is 17.2 Å². The van der Waals surface area contributed by atoms with Gasteiger partial charge in [-0.2, -0.15) is 0 Å². The molecule has 3 rings (SSSR count). The van der Waals surface area contributed by atoms with Gasteiger partial charge in [0.15, 0.2) is 17.5 Å². The van der Waals surface area contributed by atoms with Crippen molar-refractivity contribution in [2.75, 3.05) is 65.5 Å². The number of halogens is 1. The molecule has 0 radical (unpaired) electrons. The number of benzene rings is 2. The van der Waals surface area contributed by atoms with Gasteiger partial charge in [0.05, 0.1) is 27.0 Å². The van der Waals surface area contributed by atoms with E-state index < -0.39 is 0 Å². The number of anilines is 1. The van der Waals surface area contributed by atoms with Crippen molar-refractivity contribution in [1.29, 1.82) is 0 Å². The Labute approximate surface area is 189 Å². The Morgan fingerprint density at radius 3 is 2.31 bits per heavy atom. The van der Waals surface area contributed by atoms with Crippen LogP contribution in [0.25, 0.3) is 0 Å². The van der Waals surface area contributed by atoms with E-state index in [4.69, 9.17) is 19.2 Å². The molecule has 174 valence electrons. The van der Waals surface area contributed by atoms with Gasteiger partial charge in [-0.15, -0.1) is 0 Å². The van der Waals surface area contributed by atoms with E-state index in [9.17, 15) is 4.39 Å². The van der Waals surface area contributed by atoms with Gasteiger partial charge >= 0.3 is 0 Å². The number of guanidine groups is 1. The number of nitrogens with one attached hydrogen (secondary N) is 1. The van der Waals surface area contributed by atoms with Gasteiger partial charge in [0.1, 0.15) is 5.82 Å². The summed E-state index contributed by atoms with van der Waals surface area (Å²) in [4.78, 5) is 9.15. The number of para-hydroxylation sites is 1. The van der Waals surface area contributed by atoms with Crippen LogP contribution in [0.4, 0.5) is 10.1 Å². The van der Waals surface area contributed by atoms with Gasteiger partial charge in [-0.25, -0.2) is 4.39 Å². The molecule has 1 heterocycles. The topological polar surface area (TPSA) is 58.6 Å². The molecule has 1 fully saturated rings. The van der Waals surface area contributed by atoms with Gasteiger partial charge in [0, 0.05) is 44.8 Å². The first kappa shape index (κ1) is 23.5. The van der Waals surface area contributed by atoms with Crippen molar-refractivity contribution >= 4 is 11.6 Å². The summed E-state index contributed by atoms with van der Waals surface area (Å²) in [6, 6.07) is 10.8. The Morgan fingerprint density at radius 1 is 0.969 bits per heavy atom. The normalized spacial score (nSPS) is 14.3. The highest BCUT2D eigenvalue weighted by atomic mass is 19.1. The first-order chi connectivity index (χ1) is 15.6. The number of methoxy groups -OCH3 is 3. The summed E-state index contributed by atoms with van der Waals surface area (Å²) in [5.41, 5.74) is 1.67. The van der Waals surface area contributed by atoms with E-state index in [0.29, 0.717) is 35.9 Å². The molecule has 0 atom stereocenters. The second-order valence-corrected chi connectivity index (χ2v) is 7.40. The summed E-state index contributed by atoms with van der Waals surface area (Å²) in [7, 11) is 4.84. The molecule has 7 nitrogen and oxygen atoms in total. The lowest BCUT2D eigenvalue weighted by atomic mass is 10.1. The molecule has 0 saturated carbocycles. The molecule has 0 aromatic heterocycles. The number of rotatable bonds is 8. The summed E-state index contributed by atoms with van der Waals surface area (Å²) in [6.07, 6.45) is 0.702. The molecule has 32 heavy (non-hydrogen) atoms. The predicted octanol–water partition coefficient (Wildman–Crippen LogP) is 3.18. The van der Waals surface area contributed by atoms with Crippen LogP contribution < -0.4 is 24.4 Å². The van der Waals surface area contributed by atoms with Crippen molar-refractivity contribution in [3.63, 3.8) is 0 Å². The number of aliphatic imine (C=N–C) groups is 1. The highest BCUT2D eigenvalue weighted by Crippen LogP contribution is 2.39. The van der Waals surface area contributed by atoms with Crippen molar-refractivity contribution < 1.29 is 18.6 Å². The largest absolute Gasteiger partial charge is 0.493 e. The van der Waals surface area contributed by atoms with E-state index in [2.05, 4.69) is 22.0 Å². The molecule has 1 aliphatic rings. The summed E-state index contributed by atoms with van der Waals surface area (Å²) in [5, 5.41) is 3.38. The highest BCUT2D eigenvalue weighted by molar-refractivity contribution is 5.80. The molecular formula is C24H33FN4O3. The Hall–Kier alpha value is -3.16. The zero-order chi connectivity index (χ0) is 22.9. The average molecular weight is 445 g/mol. The van der Waals surface area contributed by atoms with Gasteiger partial charge in [-0.3, -0.25) is 4.99 Å². The Kier molecular flexibility index (Phi) is 8.41.